The minimum Gasteiger partial charge on any atom is -0.455 e. The van der Waals surface area contributed by atoms with Crippen LogP contribution < -0.4 is 0 Å². The molecule has 7 nitrogen and oxygen atoms in total. The van der Waals surface area contributed by atoms with E-state index < -0.39 is 32.0 Å². The van der Waals surface area contributed by atoms with Crippen LogP contribution in [-0.2, 0) is 33.0 Å². The van der Waals surface area contributed by atoms with Crippen molar-refractivity contribution in [3.05, 3.63) is 11.6 Å². The number of carbonyl (C=O) groups excluding carboxylic acids is 2. The van der Waals surface area contributed by atoms with Crippen LogP contribution in [0.2, 0.25) is 18.1 Å². The molecular weight excluding hydrogens is 380 g/mol. The maximum Gasteiger partial charge on any atom is 0.351 e. The summed E-state index contributed by atoms with van der Waals surface area (Å²) in [5.74, 6) is -0.959. The molecule has 1 saturated heterocycles. The van der Waals surface area contributed by atoms with Gasteiger partial charge in [0.25, 0.3) is 0 Å². The number of methoxy groups -OCH3 is 1. The summed E-state index contributed by atoms with van der Waals surface area (Å²) >= 11 is 0. The fraction of sp³-hybridized carbons (Fsp3) is 0.800. The molecule has 1 aliphatic heterocycles. The molecule has 1 saturated carbocycles. The lowest BCUT2D eigenvalue weighted by molar-refractivity contribution is -0.172. The Bertz CT molecular complexity index is 623. The maximum atomic E-state index is 12.6. The summed E-state index contributed by atoms with van der Waals surface area (Å²) in [6.07, 6.45) is 2.57. The van der Waals surface area contributed by atoms with Crippen LogP contribution in [0.4, 0.5) is 0 Å². The van der Waals surface area contributed by atoms with Gasteiger partial charge in [-0.2, -0.15) is 0 Å². The third-order valence-electron chi connectivity index (χ3n) is 5.82. The fourth-order valence-corrected chi connectivity index (χ4v) is 4.68. The molecule has 160 valence electrons. The van der Waals surface area contributed by atoms with E-state index in [1.165, 1.54) is 6.92 Å². The Kier molecular flexibility index (Phi) is 7.12. The number of hydrogen-bond donors (Lipinski definition) is 0. The molecule has 0 radical (unpaired) electrons. The molecule has 2 rings (SSSR count). The molecule has 0 aromatic rings. The monoisotopic (exact) mass is 414 g/mol. The molecule has 0 N–H and O–H groups in total. The highest BCUT2D eigenvalue weighted by Crippen LogP contribution is 2.47. The Hall–Kier alpha value is -1.22. The molecule has 3 atom stereocenters. The first kappa shape index (κ1) is 23.1. The van der Waals surface area contributed by atoms with Crippen LogP contribution >= 0.6 is 0 Å². The molecule has 8 heteroatoms. The average molecular weight is 415 g/mol. The molecule has 2 bridgehead atoms. The molecule has 1 aliphatic carbocycles. The van der Waals surface area contributed by atoms with Gasteiger partial charge in [0, 0.05) is 26.9 Å². The Balaban J connectivity index is 2.27. The fourth-order valence-electron chi connectivity index (χ4n) is 3.39. The van der Waals surface area contributed by atoms with Crippen molar-refractivity contribution in [2.75, 3.05) is 20.5 Å². The number of fused-ring (bicyclic) bond motifs is 2. The summed E-state index contributed by atoms with van der Waals surface area (Å²) in [6, 6.07) is 0. The SMILES string of the molecule is COCOCCC=C1[C@H]2C[C@@](OC(C)=O)(C[C@H]1O[Si](C)(C)C(C)(C)C)C(=O)O2. The summed E-state index contributed by atoms with van der Waals surface area (Å²) in [5, 5.41) is 0.00957. The van der Waals surface area contributed by atoms with Crippen molar-refractivity contribution in [3.8, 4) is 0 Å². The molecule has 0 amide bonds. The number of hydrogen-bond acceptors (Lipinski definition) is 7. The second kappa shape index (κ2) is 8.65. The highest BCUT2D eigenvalue weighted by Gasteiger charge is 2.60. The molecular formula is C20H34O7Si. The number of ether oxygens (including phenoxy) is 4. The van der Waals surface area contributed by atoms with E-state index in [2.05, 4.69) is 33.9 Å². The Morgan fingerprint density at radius 3 is 2.57 bits per heavy atom. The van der Waals surface area contributed by atoms with Gasteiger partial charge in [-0.25, -0.2) is 4.79 Å². The summed E-state index contributed by atoms with van der Waals surface area (Å²) in [5.41, 5.74) is -0.299. The zero-order chi connectivity index (χ0) is 21.2. The van der Waals surface area contributed by atoms with Crippen LogP contribution in [0.15, 0.2) is 11.6 Å². The highest BCUT2D eigenvalue weighted by atomic mass is 28.4. The maximum absolute atomic E-state index is 12.6. The molecule has 0 aromatic carbocycles. The van der Waals surface area contributed by atoms with Crippen LogP contribution in [0, 0.1) is 0 Å². The number of carbonyl (C=O) groups is 2. The smallest absolute Gasteiger partial charge is 0.351 e. The van der Waals surface area contributed by atoms with E-state index in [0.29, 0.717) is 25.9 Å². The van der Waals surface area contributed by atoms with E-state index >= 15 is 0 Å². The number of esters is 2. The van der Waals surface area contributed by atoms with Gasteiger partial charge >= 0.3 is 11.9 Å². The highest BCUT2D eigenvalue weighted by molar-refractivity contribution is 6.74. The summed E-state index contributed by atoms with van der Waals surface area (Å²) in [7, 11) is -0.541. The standard InChI is InChI=1S/C20H34O7Si/c1-14(21)26-20-11-16(25-18(20)22)15(9-8-10-24-13-23-5)17(12-20)27-28(6,7)19(2,3)4/h9,16-17H,8,10-13H2,1-7H3/t16-,17-,20-/m1/s1. The van der Waals surface area contributed by atoms with Gasteiger partial charge in [0.05, 0.1) is 12.7 Å². The van der Waals surface area contributed by atoms with Gasteiger partial charge in [-0.05, 0) is 30.1 Å². The van der Waals surface area contributed by atoms with Crippen LogP contribution in [0.3, 0.4) is 0 Å². The van der Waals surface area contributed by atoms with Crippen molar-refractivity contribution in [2.45, 2.75) is 82.9 Å². The van der Waals surface area contributed by atoms with Crippen molar-refractivity contribution >= 4 is 20.3 Å². The molecule has 2 fully saturated rings. The number of rotatable bonds is 8. The largest absolute Gasteiger partial charge is 0.455 e. The van der Waals surface area contributed by atoms with Crippen LogP contribution in [0.25, 0.3) is 0 Å². The Labute approximate surface area is 168 Å². The molecule has 0 unspecified atom stereocenters. The summed E-state index contributed by atoms with van der Waals surface area (Å²) in [6.45, 7) is 12.9. The van der Waals surface area contributed by atoms with Gasteiger partial charge in [-0.3, -0.25) is 4.79 Å². The van der Waals surface area contributed by atoms with E-state index in [9.17, 15) is 9.59 Å². The van der Waals surface area contributed by atoms with Gasteiger partial charge in [0.15, 0.2) is 8.32 Å². The van der Waals surface area contributed by atoms with Crippen molar-refractivity contribution in [3.63, 3.8) is 0 Å². The molecule has 2 aliphatic rings. The predicted molar refractivity (Wildman–Crippen MR) is 106 cm³/mol. The van der Waals surface area contributed by atoms with E-state index in [4.69, 9.17) is 23.4 Å². The van der Waals surface area contributed by atoms with E-state index in [1.807, 2.05) is 6.08 Å². The first-order chi connectivity index (χ1) is 12.9. The van der Waals surface area contributed by atoms with Crippen LogP contribution in [-0.4, -0.2) is 58.6 Å². The first-order valence-corrected chi connectivity index (χ1v) is 12.7. The van der Waals surface area contributed by atoms with E-state index in [0.717, 1.165) is 5.57 Å². The van der Waals surface area contributed by atoms with Gasteiger partial charge in [-0.15, -0.1) is 0 Å². The topological polar surface area (TPSA) is 80.3 Å². The molecule has 0 aromatic heterocycles. The van der Waals surface area contributed by atoms with Gasteiger partial charge < -0.3 is 23.4 Å². The molecule has 0 spiro atoms. The van der Waals surface area contributed by atoms with Crippen molar-refractivity contribution in [1.29, 1.82) is 0 Å². The van der Waals surface area contributed by atoms with Crippen molar-refractivity contribution < 1.29 is 33.0 Å². The van der Waals surface area contributed by atoms with Crippen molar-refractivity contribution in [1.82, 2.24) is 0 Å². The minimum atomic E-state index is -2.12. The van der Waals surface area contributed by atoms with E-state index in [-0.39, 0.29) is 17.9 Å². The molecule has 28 heavy (non-hydrogen) atoms. The quantitative estimate of drug-likeness (QED) is 0.198. The third kappa shape index (κ3) is 5.03. The van der Waals surface area contributed by atoms with Gasteiger partial charge in [0.1, 0.15) is 12.9 Å². The third-order valence-corrected chi connectivity index (χ3v) is 10.3. The second-order valence-corrected chi connectivity index (χ2v) is 13.8. The van der Waals surface area contributed by atoms with Crippen LogP contribution in [0.5, 0.6) is 0 Å². The second-order valence-electron chi connectivity index (χ2n) is 9.06. The zero-order valence-corrected chi connectivity index (χ0v) is 19.1. The van der Waals surface area contributed by atoms with E-state index in [1.54, 1.807) is 7.11 Å². The first-order valence-electron chi connectivity index (χ1n) is 9.77. The Morgan fingerprint density at radius 1 is 1.32 bits per heavy atom. The Morgan fingerprint density at radius 2 is 2.00 bits per heavy atom. The van der Waals surface area contributed by atoms with Crippen LogP contribution in [0.1, 0.15) is 47.0 Å². The lowest BCUT2D eigenvalue weighted by Crippen LogP contribution is -2.51. The van der Waals surface area contributed by atoms with Crippen molar-refractivity contribution in [2.24, 2.45) is 0 Å². The van der Waals surface area contributed by atoms with Gasteiger partial charge in [0.2, 0.25) is 5.60 Å². The predicted octanol–water partition coefficient (Wildman–Crippen LogP) is 3.33. The van der Waals surface area contributed by atoms with Gasteiger partial charge in [-0.1, -0.05) is 26.8 Å². The minimum absolute atomic E-state index is 0.00957. The lowest BCUT2D eigenvalue weighted by atomic mass is 9.80. The molecule has 1 heterocycles. The lowest BCUT2D eigenvalue weighted by Gasteiger charge is -2.43. The average Bonchev–Trinajstić information content (AvgIpc) is 2.79. The summed E-state index contributed by atoms with van der Waals surface area (Å²) < 4.78 is 28.0. The summed E-state index contributed by atoms with van der Waals surface area (Å²) in [4.78, 5) is 24.2. The normalized spacial score (nSPS) is 29.1. The zero-order valence-electron chi connectivity index (χ0n) is 18.1.